The zero-order valence-electron chi connectivity index (χ0n) is 12.0. The fourth-order valence-corrected chi connectivity index (χ4v) is 4.98. The fourth-order valence-electron chi connectivity index (χ4n) is 4.98. The maximum Gasteiger partial charge on any atom is 0.136 e. The van der Waals surface area contributed by atoms with Gasteiger partial charge in [0.2, 0.25) is 0 Å². The number of hydrogen-bond acceptors (Lipinski definition) is 1. The van der Waals surface area contributed by atoms with Crippen LogP contribution < -0.4 is 0 Å². The van der Waals surface area contributed by atoms with Gasteiger partial charge < -0.3 is 0 Å². The van der Waals surface area contributed by atoms with Crippen LogP contribution in [0.5, 0.6) is 0 Å². The van der Waals surface area contributed by atoms with Gasteiger partial charge in [-0.1, -0.05) is 25.5 Å². The number of rotatable bonds is 1. The van der Waals surface area contributed by atoms with Crippen molar-refractivity contribution in [1.82, 2.24) is 0 Å². The Morgan fingerprint density at radius 1 is 1.22 bits per heavy atom. The highest BCUT2D eigenvalue weighted by molar-refractivity contribution is 5.83. The molecule has 0 aromatic rings. The maximum atomic E-state index is 12.5. The summed E-state index contributed by atoms with van der Waals surface area (Å²) in [6.07, 6.45) is 8.46. The van der Waals surface area contributed by atoms with Crippen molar-refractivity contribution in [3.05, 3.63) is 11.6 Å². The van der Waals surface area contributed by atoms with E-state index < -0.39 is 0 Å². The molecule has 0 aromatic carbocycles. The van der Waals surface area contributed by atoms with Gasteiger partial charge in [0.1, 0.15) is 5.78 Å². The predicted octanol–water partition coefficient (Wildman–Crippen LogP) is 4.23. The third-order valence-corrected chi connectivity index (χ3v) is 5.87. The molecule has 2 saturated carbocycles. The minimum atomic E-state index is 0.397. The lowest BCUT2D eigenvalue weighted by molar-refractivity contribution is -0.131. The predicted molar refractivity (Wildman–Crippen MR) is 74.1 cm³/mol. The normalized spacial score (nSPS) is 43.7. The maximum absolute atomic E-state index is 12.5. The van der Waals surface area contributed by atoms with Gasteiger partial charge in [0.05, 0.1) is 0 Å². The van der Waals surface area contributed by atoms with Crippen molar-refractivity contribution in [3.63, 3.8) is 0 Å². The lowest BCUT2D eigenvalue weighted by Gasteiger charge is -2.42. The van der Waals surface area contributed by atoms with E-state index in [2.05, 4.69) is 26.8 Å². The quantitative estimate of drug-likeness (QED) is 0.633. The van der Waals surface area contributed by atoms with Gasteiger partial charge in [-0.3, -0.25) is 4.79 Å². The molecular formula is C17H26O. The van der Waals surface area contributed by atoms with E-state index in [0.29, 0.717) is 35.4 Å². The average Bonchev–Trinajstić information content (AvgIpc) is 2.76. The second kappa shape index (κ2) is 4.51. The van der Waals surface area contributed by atoms with Gasteiger partial charge in [0.25, 0.3) is 0 Å². The van der Waals surface area contributed by atoms with Crippen LogP contribution >= 0.6 is 0 Å². The highest BCUT2D eigenvalue weighted by Crippen LogP contribution is 2.53. The summed E-state index contributed by atoms with van der Waals surface area (Å²) in [5, 5.41) is 0. The molecule has 1 nitrogen and oxygen atoms in total. The average molecular weight is 246 g/mol. The zero-order chi connectivity index (χ0) is 12.9. The van der Waals surface area contributed by atoms with E-state index in [1.54, 1.807) is 5.57 Å². The molecule has 5 atom stereocenters. The molecule has 100 valence electrons. The number of fused-ring (bicyclic) bond motifs is 3. The Morgan fingerprint density at radius 3 is 2.72 bits per heavy atom. The van der Waals surface area contributed by atoms with E-state index in [1.165, 1.54) is 25.7 Å². The number of ketones is 1. The standard InChI is InChI=1S/C17H26O/c1-10(2)13-6-7-14-15-8-11(3)4-5-12(15)9-16(18)17(13)14/h8,10,12-15,17H,4-7,9H2,1-3H3/t12-,13+,14-,15-,17+/m0/s1. The molecule has 1 heteroatoms. The molecule has 0 N–H and O–H groups in total. The summed E-state index contributed by atoms with van der Waals surface area (Å²) < 4.78 is 0. The SMILES string of the molecule is CC1=C[C@H]2[C@@H](CC1)CC(=O)[C@H]1[C@H]2CC[C@@H]1C(C)C. The third-order valence-electron chi connectivity index (χ3n) is 5.87. The molecule has 0 aromatic heterocycles. The molecule has 0 heterocycles. The first-order valence-electron chi connectivity index (χ1n) is 7.78. The second-order valence-corrected chi connectivity index (χ2v) is 7.23. The van der Waals surface area contributed by atoms with E-state index in [4.69, 9.17) is 0 Å². The third kappa shape index (κ3) is 1.87. The summed E-state index contributed by atoms with van der Waals surface area (Å²) >= 11 is 0. The summed E-state index contributed by atoms with van der Waals surface area (Å²) in [5.74, 6) is 4.42. The lowest BCUT2D eigenvalue weighted by Crippen LogP contribution is -2.41. The lowest BCUT2D eigenvalue weighted by atomic mass is 9.61. The van der Waals surface area contributed by atoms with Gasteiger partial charge in [-0.15, -0.1) is 0 Å². The van der Waals surface area contributed by atoms with E-state index in [-0.39, 0.29) is 0 Å². The monoisotopic (exact) mass is 246 g/mol. The molecule has 2 fully saturated rings. The highest BCUT2D eigenvalue weighted by Gasteiger charge is 2.50. The van der Waals surface area contributed by atoms with E-state index in [0.717, 1.165) is 12.3 Å². The van der Waals surface area contributed by atoms with Crippen molar-refractivity contribution in [2.24, 2.45) is 35.5 Å². The topological polar surface area (TPSA) is 17.1 Å². The Bertz CT molecular complexity index is 379. The molecule has 0 unspecified atom stereocenters. The Hall–Kier alpha value is -0.590. The summed E-state index contributed by atoms with van der Waals surface area (Å²) in [6.45, 7) is 6.87. The number of hydrogen-bond donors (Lipinski definition) is 0. The van der Waals surface area contributed by atoms with E-state index in [9.17, 15) is 4.79 Å². The molecule has 3 aliphatic carbocycles. The van der Waals surface area contributed by atoms with Crippen molar-refractivity contribution in [2.45, 2.75) is 52.9 Å². The summed E-state index contributed by atoms with van der Waals surface area (Å²) in [7, 11) is 0. The van der Waals surface area contributed by atoms with Gasteiger partial charge in [-0.2, -0.15) is 0 Å². The van der Waals surface area contributed by atoms with Gasteiger partial charge in [-0.25, -0.2) is 0 Å². The van der Waals surface area contributed by atoms with Crippen LogP contribution in [0.1, 0.15) is 52.9 Å². The summed E-state index contributed by atoms with van der Waals surface area (Å²) in [5.41, 5.74) is 1.57. The molecule has 0 spiro atoms. The van der Waals surface area contributed by atoms with Gasteiger partial charge in [0.15, 0.2) is 0 Å². The first-order chi connectivity index (χ1) is 8.58. The van der Waals surface area contributed by atoms with Crippen LogP contribution in [-0.4, -0.2) is 5.78 Å². The molecular weight excluding hydrogens is 220 g/mol. The highest BCUT2D eigenvalue weighted by atomic mass is 16.1. The van der Waals surface area contributed by atoms with Crippen LogP contribution in [0.15, 0.2) is 11.6 Å². The van der Waals surface area contributed by atoms with Crippen LogP contribution in [0, 0.1) is 35.5 Å². The first kappa shape index (κ1) is 12.4. The zero-order valence-corrected chi connectivity index (χ0v) is 12.0. The van der Waals surface area contributed by atoms with Crippen molar-refractivity contribution in [1.29, 1.82) is 0 Å². The molecule has 0 saturated heterocycles. The molecule has 0 aliphatic heterocycles. The molecule has 18 heavy (non-hydrogen) atoms. The van der Waals surface area contributed by atoms with Crippen molar-refractivity contribution < 1.29 is 4.79 Å². The van der Waals surface area contributed by atoms with Crippen LogP contribution in [0.4, 0.5) is 0 Å². The van der Waals surface area contributed by atoms with Crippen LogP contribution in [0.25, 0.3) is 0 Å². The van der Waals surface area contributed by atoms with Gasteiger partial charge in [0, 0.05) is 12.3 Å². The second-order valence-electron chi connectivity index (χ2n) is 7.23. The van der Waals surface area contributed by atoms with Crippen LogP contribution in [0.2, 0.25) is 0 Å². The summed E-state index contributed by atoms with van der Waals surface area (Å²) in [4.78, 5) is 12.5. The van der Waals surface area contributed by atoms with Crippen molar-refractivity contribution in [2.75, 3.05) is 0 Å². The van der Waals surface area contributed by atoms with Gasteiger partial charge >= 0.3 is 0 Å². The van der Waals surface area contributed by atoms with Crippen LogP contribution in [-0.2, 0) is 4.79 Å². The van der Waals surface area contributed by atoms with Gasteiger partial charge in [-0.05, 0) is 62.2 Å². The Morgan fingerprint density at radius 2 is 2.00 bits per heavy atom. The number of allylic oxidation sites excluding steroid dienone is 2. The minimum absolute atomic E-state index is 0.397. The Kier molecular flexibility index (Phi) is 3.11. The first-order valence-corrected chi connectivity index (χ1v) is 7.78. The van der Waals surface area contributed by atoms with E-state index >= 15 is 0 Å². The minimum Gasteiger partial charge on any atom is -0.299 e. The molecule has 0 amide bonds. The fraction of sp³-hybridized carbons (Fsp3) is 0.824. The molecule has 3 aliphatic rings. The van der Waals surface area contributed by atoms with E-state index in [1.807, 2.05) is 0 Å². The molecule has 0 bridgehead atoms. The Balaban J connectivity index is 1.89. The van der Waals surface area contributed by atoms with Crippen LogP contribution in [0.3, 0.4) is 0 Å². The van der Waals surface area contributed by atoms with Crippen molar-refractivity contribution >= 4 is 5.78 Å². The summed E-state index contributed by atoms with van der Waals surface area (Å²) in [6, 6.07) is 0. The molecule has 0 radical (unpaired) electrons. The smallest absolute Gasteiger partial charge is 0.136 e. The largest absolute Gasteiger partial charge is 0.299 e. The molecule has 3 rings (SSSR count). The number of carbonyl (C=O) groups excluding carboxylic acids is 1. The number of carbonyl (C=O) groups is 1. The number of Topliss-reactive ketones (excluding diaryl/α,β-unsaturated/α-hetero) is 1. The Labute approximate surface area is 111 Å². The van der Waals surface area contributed by atoms with Crippen molar-refractivity contribution in [3.8, 4) is 0 Å².